The van der Waals surface area contributed by atoms with Gasteiger partial charge < -0.3 is 20.5 Å². The molecular formula is C37H46N2O6. The average molecular weight is 615 g/mol. The first-order valence-corrected chi connectivity index (χ1v) is 15.5. The zero-order valence-electron chi connectivity index (χ0n) is 26.3. The van der Waals surface area contributed by atoms with Crippen molar-refractivity contribution in [2.24, 2.45) is 0 Å². The molecule has 45 heavy (non-hydrogen) atoms. The molecule has 2 unspecified atom stereocenters. The van der Waals surface area contributed by atoms with Crippen LogP contribution in [0.3, 0.4) is 0 Å². The van der Waals surface area contributed by atoms with E-state index in [-0.39, 0.29) is 18.7 Å². The fourth-order valence-electron chi connectivity index (χ4n) is 4.23. The Morgan fingerprint density at radius 2 is 1.33 bits per heavy atom. The molecule has 0 fully saturated rings. The number of ether oxygens (including phenoxy) is 1. The molecule has 8 nitrogen and oxygen atoms in total. The molecule has 1 aliphatic rings. The SMILES string of the molecule is CC/C=C\C/C=C\C/C=C\C/C=C\C/C=C\C/C=C\CCC(=O)NC(CNC(=O)C1=CC(=O)C(C)(c2ccccc2)O1)C(=O)O. The molecule has 0 spiro atoms. The minimum absolute atomic E-state index is 0.109. The first-order valence-electron chi connectivity index (χ1n) is 15.5. The van der Waals surface area contributed by atoms with Gasteiger partial charge in [-0.3, -0.25) is 14.4 Å². The van der Waals surface area contributed by atoms with Gasteiger partial charge in [0.15, 0.2) is 11.4 Å². The molecule has 0 aromatic heterocycles. The Balaban J connectivity index is 1.61. The van der Waals surface area contributed by atoms with E-state index in [4.69, 9.17) is 4.74 Å². The van der Waals surface area contributed by atoms with Crippen LogP contribution in [0.4, 0.5) is 0 Å². The van der Waals surface area contributed by atoms with Gasteiger partial charge in [-0.15, -0.1) is 0 Å². The Kier molecular flexibility index (Phi) is 17.1. The van der Waals surface area contributed by atoms with Gasteiger partial charge in [0.05, 0.1) is 0 Å². The molecule has 0 aliphatic carbocycles. The van der Waals surface area contributed by atoms with Crippen molar-refractivity contribution in [1.29, 1.82) is 0 Å². The van der Waals surface area contributed by atoms with Crippen molar-refractivity contribution < 1.29 is 29.0 Å². The normalized spacial score (nSPS) is 17.6. The van der Waals surface area contributed by atoms with Crippen molar-refractivity contribution in [1.82, 2.24) is 10.6 Å². The quantitative estimate of drug-likeness (QED) is 0.143. The molecule has 1 aromatic rings. The Morgan fingerprint density at radius 3 is 1.84 bits per heavy atom. The van der Waals surface area contributed by atoms with E-state index < -0.39 is 35.2 Å². The number of benzene rings is 1. The molecule has 240 valence electrons. The summed E-state index contributed by atoms with van der Waals surface area (Å²) in [6, 6.07) is 7.45. The van der Waals surface area contributed by atoms with E-state index in [2.05, 4.69) is 78.3 Å². The predicted octanol–water partition coefficient (Wildman–Crippen LogP) is 6.55. The van der Waals surface area contributed by atoms with Gasteiger partial charge in [-0.2, -0.15) is 0 Å². The maximum Gasteiger partial charge on any atom is 0.328 e. The van der Waals surface area contributed by atoms with Crippen molar-refractivity contribution in [3.63, 3.8) is 0 Å². The highest BCUT2D eigenvalue weighted by Crippen LogP contribution is 2.34. The van der Waals surface area contributed by atoms with E-state index in [0.29, 0.717) is 12.0 Å². The summed E-state index contributed by atoms with van der Waals surface area (Å²) in [5, 5.41) is 14.4. The lowest BCUT2D eigenvalue weighted by Gasteiger charge is -2.24. The van der Waals surface area contributed by atoms with Crippen molar-refractivity contribution in [2.45, 2.75) is 76.9 Å². The highest BCUT2D eigenvalue weighted by atomic mass is 16.5. The second kappa shape index (κ2) is 21.1. The van der Waals surface area contributed by atoms with Crippen molar-refractivity contribution in [2.75, 3.05) is 6.54 Å². The summed E-state index contributed by atoms with van der Waals surface area (Å²) in [7, 11) is 0. The van der Waals surface area contributed by atoms with Gasteiger partial charge in [0.25, 0.3) is 5.91 Å². The van der Waals surface area contributed by atoms with Gasteiger partial charge in [-0.05, 0) is 51.9 Å². The van der Waals surface area contributed by atoms with Gasteiger partial charge in [0, 0.05) is 24.6 Å². The fraction of sp³-hybridized carbons (Fsp3) is 0.351. The molecule has 2 atom stereocenters. The molecule has 1 aromatic carbocycles. The summed E-state index contributed by atoms with van der Waals surface area (Å²) < 4.78 is 5.67. The van der Waals surface area contributed by atoms with Gasteiger partial charge >= 0.3 is 5.97 Å². The molecule has 1 aliphatic heterocycles. The predicted molar refractivity (Wildman–Crippen MR) is 178 cm³/mol. The lowest BCUT2D eigenvalue weighted by Crippen LogP contribution is -2.48. The van der Waals surface area contributed by atoms with E-state index in [9.17, 15) is 24.3 Å². The highest BCUT2D eigenvalue weighted by molar-refractivity contribution is 6.07. The standard InChI is InChI=1S/C37H46N2O6/c1-3-4-5-6-7-8-9-10-11-12-13-14-15-16-17-18-19-20-24-27-34(41)39-31(36(43)44)29-38-35(42)32-28-33(40)37(2,45-32)30-25-22-21-23-26-30/h4-5,7-8,10-11,13-14,16-17,19-23,25-26,28,31H,3,6,9,12,15,18,24,27,29H2,1-2H3,(H,38,42)(H,39,41)(H,43,44)/b5-4-,8-7-,11-10-,14-13-,17-16-,20-19-. The number of ketones is 1. The lowest BCUT2D eigenvalue weighted by atomic mass is 9.92. The summed E-state index contributed by atoms with van der Waals surface area (Å²) in [4.78, 5) is 49.1. The van der Waals surface area contributed by atoms with E-state index in [0.717, 1.165) is 44.6 Å². The second-order valence-corrected chi connectivity index (χ2v) is 10.5. The Hall–Kier alpha value is -4.72. The lowest BCUT2D eigenvalue weighted by molar-refractivity contribution is -0.141. The number of carboxylic acid groups (broad SMARTS) is 1. The van der Waals surface area contributed by atoms with Gasteiger partial charge in [-0.25, -0.2) is 4.79 Å². The number of carbonyl (C=O) groups is 4. The molecule has 3 N–H and O–H groups in total. The fourth-order valence-corrected chi connectivity index (χ4v) is 4.23. The van der Waals surface area contributed by atoms with Gasteiger partial charge in [-0.1, -0.05) is 110 Å². The van der Waals surface area contributed by atoms with Gasteiger partial charge in [0.2, 0.25) is 11.7 Å². The van der Waals surface area contributed by atoms with Crippen molar-refractivity contribution >= 4 is 23.6 Å². The number of amides is 2. The summed E-state index contributed by atoms with van der Waals surface area (Å²) in [5.41, 5.74) is -0.744. The third-order valence-electron chi connectivity index (χ3n) is 6.83. The van der Waals surface area contributed by atoms with E-state index in [1.807, 2.05) is 12.2 Å². The molecule has 1 heterocycles. The van der Waals surface area contributed by atoms with Crippen molar-refractivity contribution in [3.8, 4) is 0 Å². The van der Waals surface area contributed by atoms with Crippen LogP contribution in [0.2, 0.25) is 0 Å². The third kappa shape index (κ3) is 14.1. The molecule has 0 saturated carbocycles. The number of hydrogen-bond acceptors (Lipinski definition) is 5. The number of aliphatic carboxylic acids is 1. The van der Waals surface area contributed by atoms with Gasteiger partial charge in [0.1, 0.15) is 6.04 Å². The molecule has 0 saturated heterocycles. The van der Waals surface area contributed by atoms with Crippen LogP contribution in [0.1, 0.15) is 70.8 Å². The largest absolute Gasteiger partial charge is 0.480 e. The molecule has 8 heteroatoms. The molecule has 2 amide bonds. The van der Waals surface area contributed by atoms with E-state index in [1.54, 1.807) is 37.3 Å². The molecule has 2 rings (SSSR count). The number of allylic oxidation sites excluding steroid dienone is 12. The van der Waals surface area contributed by atoms with E-state index >= 15 is 0 Å². The van der Waals surface area contributed by atoms with Crippen LogP contribution in [0.15, 0.2) is 115 Å². The van der Waals surface area contributed by atoms with Crippen LogP contribution in [-0.2, 0) is 29.5 Å². The topological polar surface area (TPSA) is 122 Å². The number of hydrogen-bond donors (Lipinski definition) is 3. The maximum atomic E-state index is 12.6. The summed E-state index contributed by atoms with van der Waals surface area (Å²) in [6.07, 6.45) is 32.5. The monoisotopic (exact) mass is 614 g/mol. The maximum absolute atomic E-state index is 12.6. The first kappa shape index (κ1) is 36.5. The van der Waals surface area contributed by atoms with E-state index in [1.165, 1.54) is 0 Å². The first-order chi connectivity index (χ1) is 21.8. The molecule has 0 radical (unpaired) electrons. The zero-order valence-corrected chi connectivity index (χ0v) is 26.3. The second-order valence-electron chi connectivity index (χ2n) is 10.5. The average Bonchev–Trinajstić information content (AvgIpc) is 3.35. The third-order valence-corrected chi connectivity index (χ3v) is 6.83. The van der Waals surface area contributed by atoms with Crippen LogP contribution in [0.25, 0.3) is 0 Å². The Bertz CT molecular complexity index is 1320. The van der Waals surface area contributed by atoms with Crippen LogP contribution in [0, 0.1) is 0 Å². The summed E-state index contributed by atoms with van der Waals surface area (Å²) >= 11 is 0. The summed E-state index contributed by atoms with van der Waals surface area (Å²) in [6.45, 7) is 3.34. The van der Waals surface area contributed by atoms with Crippen LogP contribution >= 0.6 is 0 Å². The minimum Gasteiger partial charge on any atom is -0.480 e. The number of carboxylic acids is 1. The molecular weight excluding hydrogens is 568 g/mol. The van der Waals surface area contributed by atoms with Crippen LogP contribution in [0.5, 0.6) is 0 Å². The Morgan fingerprint density at radius 1 is 0.822 bits per heavy atom. The highest BCUT2D eigenvalue weighted by Gasteiger charge is 2.43. The summed E-state index contributed by atoms with van der Waals surface area (Å²) in [5.74, 6) is -3.07. The Labute approximate surface area is 267 Å². The van der Waals surface area contributed by atoms with Crippen LogP contribution in [-0.4, -0.2) is 41.3 Å². The molecule has 0 bridgehead atoms. The zero-order chi connectivity index (χ0) is 32.8. The number of rotatable bonds is 20. The number of carbonyl (C=O) groups excluding carboxylic acids is 3. The minimum atomic E-state index is -1.34. The smallest absolute Gasteiger partial charge is 0.328 e. The number of nitrogens with one attached hydrogen (secondary N) is 2. The van der Waals surface area contributed by atoms with Crippen molar-refractivity contribution in [3.05, 3.63) is 121 Å². The van der Waals surface area contributed by atoms with Crippen LogP contribution < -0.4 is 10.6 Å².